The third-order valence-corrected chi connectivity index (χ3v) is 2.86. The van der Waals surface area contributed by atoms with Gasteiger partial charge in [0.1, 0.15) is 0 Å². The summed E-state index contributed by atoms with van der Waals surface area (Å²) in [5, 5.41) is 8.99. The first-order chi connectivity index (χ1) is 8.69. The summed E-state index contributed by atoms with van der Waals surface area (Å²) < 4.78 is 34.5. The van der Waals surface area contributed by atoms with Crippen LogP contribution in [0.15, 0.2) is 12.3 Å². The normalized spacial score (nSPS) is 16.2. The summed E-state index contributed by atoms with van der Waals surface area (Å²) in [6.07, 6.45) is 5.15. The van der Waals surface area contributed by atoms with Gasteiger partial charge in [0, 0.05) is 6.07 Å². The van der Waals surface area contributed by atoms with Crippen molar-refractivity contribution in [1.82, 2.24) is 4.98 Å². The second-order valence-electron chi connectivity index (χ2n) is 4.18. The van der Waals surface area contributed by atoms with Gasteiger partial charge in [0.15, 0.2) is 11.5 Å². The van der Waals surface area contributed by atoms with E-state index in [-0.39, 0.29) is 24.2 Å². The molecule has 0 radical (unpaired) electrons. The average molecular weight is 259 g/mol. The van der Waals surface area contributed by atoms with E-state index in [0.29, 0.717) is 5.69 Å². The molecule has 100 valence electrons. The van der Waals surface area contributed by atoms with Crippen LogP contribution in [0.25, 0.3) is 0 Å². The van der Waals surface area contributed by atoms with Gasteiger partial charge in [0.2, 0.25) is 0 Å². The molecule has 4 nitrogen and oxygen atoms in total. The predicted molar refractivity (Wildman–Crippen MR) is 59.7 cm³/mol. The Labute approximate surface area is 104 Å². The second-order valence-corrected chi connectivity index (χ2v) is 4.18. The number of halogens is 2. The van der Waals surface area contributed by atoms with Gasteiger partial charge in [-0.25, -0.2) is 0 Å². The Hall–Kier alpha value is -1.43. The molecule has 6 heteroatoms. The Morgan fingerprint density at radius 1 is 1.33 bits per heavy atom. The highest BCUT2D eigenvalue weighted by atomic mass is 19.3. The molecule has 1 aliphatic carbocycles. The van der Waals surface area contributed by atoms with Crippen molar-refractivity contribution < 1.29 is 23.4 Å². The summed E-state index contributed by atoms with van der Waals surface area (Å²) >= 11 is 0. The van der Waals surface area contributed by atoms with Gasteiger partial charge < -0.3 is 14.6 Å². The zero-order valence-electron chi connectivity index (χ0n) is 9.81. The van der Waals surface area contributed by atoms with Crippen molar-refractivity contribution in [3.63, 3.8) is 0 Å². The van der Waals surface area contributed by atoms with Crippen molar-refractivity contribution in [3.05, 3.63) is 18.0 Å². The predicted octanol–water partition coefficient (Wildman–Crippen LogP) is 2.50. The monoisotopic (exact) mass is 259 g/mol. The van der Waals surface area contributed by atoms with Gasteiger partial charge in [0.05, 0.1) is 24.6 Å². The highest BCUT2D eigenvalue weighted by Gasteiger charge is 2.20. The molecule has 1 aliphatic rings. The van der Waals surface area contributed by atoms with Gasteiger partial charge in [-0.05, 0) is 25.7 Å². The van der Waals surface area contributed by atoms with E-state index in [2.05, 4.69) is 9.72 Å². The number of aromatic nitrogens is 1. The molecule has 1 N–H and O–H groups in total. The standard InChI is InChI=1S/C12H15F2NO3/c13-12(14)18-11-6-15-8(7-16)5-10(11)17-9-3-1-2-4-9/h5-6,9,12,16H,1-4,7H2. The molecular weight excluding hydrogens is 244 g/mol. The smallest absolute Gasteiger partial charge is 0.387 e. The molecule has 1 aromatic rings. The maximum atomic E-state index is 12.2. The summed E-state index contributed by atoms with van der Waals surface area (Å²) in [7, 11) is 0. The third-order valence-electron chi connectivity index (χ3n) is 2.86. The lowest BCUT2D eigenvalue weighted by Crippen LogP contribution is -2.13. The fraction of sp³-hybridized carbons (Fsp3) is 0.583. The number of aliphatic hydroxyl groups is 1. The van der Waals surface area contributed by atoms with Crippen LogP contribution in [0.3, 0.4) is 0 Å². The largest absolute Gasteiger partial charge is 0.486 e. The fourth-order valence-electron chi connectivity index (χ4n) is 2.01. The molecule has 1 aromatic heterocycles. The molecule has 0 aromatic carbocycles. The molecule has 0 amide bonds. The van der Waals surface area contributed by atoms with E-state index in [1.807, 2.05) is 0 Å². The van der Waals surface area contributed by atoms with Gasteiger partial charge >= 0.3 is 6.61 Å². The lowest BCUT2D eigenvalue weighted by molar-refractivity contribution is -0.0523. The zero-order valence-corrected chi connectivity index (χ0v) is 9.81. The van der Waals surface area contributed by atoms with E-state index in [1.54, 1.807) is 0 Å². The van der Waals surface area contributed by atoms with Gasteiger partial charge in [-0.3, -0.25) is 4.98 Å². The Morgan fingerprint density at radius 3 is 2.67 bits per heavy atom. The number of aliphatic hydroxyl groups excluding tert-OH is 1. The minimum atomic E-state index is -2.92. The van der Waals surface area contributed by atoms with Crippen LogP contribution < -0.4 is 9.47 Å². The lowest BCUT2D eigenvalue weighted by atomic mass is 10.3. The summed E-state index contributed by atoms with van der Waals surface area (Å²) in [6.45, 7) is -3.19. The number of hydrogen-bond acceptors (Lipinski definition) is 4. The van der Waals surface area contributed by atoms with E-state index in [9.17, 15) is 8.78 Å². The zero-order chi connectivity index (χ0) is 13.0. The van der Waals surface area contributed by atoms with E-state index >= 15 is 0 Å². The van der Waals surface area contributed by atoms with Gasteiger partial charge in [0.25, 0.3) is 0 Å². The van der Waals surface area contributed by atoms with Crippen LogP contribution in [-0.2, 0) is 6.61 Å². The molecule has 0 spiro atoms. The minimum Gasteiger partial charge on any atom is -0.486 e. The summed E-state index contributed by atoms with van der Waals surface area (Å²) in [4.78, 5) is 3.80. The van der Waals surface area contributed by atoms with Crippen molar-refractivity contribution in [2.75, 3.05) is 0 Å². The molecule has 0 aliphatic heterocycles. The lowest BCUT2D eigenvalue weighted by Gasteiger charge is -2.16. The van der Waals surface area contributed by atoms with Gasteiger partial charge in [-0.15, -0.1) is 0 Å². The first-order valence-electron chi connectivity index (χ1n) is 5.90. The SMILES string of the molecule is OCc1cc(OC2CCCC2)c(OC(F)F)cn1. The highest BCUT2D eigenvalue weighted by molar-refractivity contribution is 5.39. The van der Waals surface area contributed by atoms with E-state index in [0.717, 1.165) is 31.9 Å². The molecule has 1 heterocycles. The van der Waals surface area contributed by atoms with Crippen LogP contribution in [-0.4, -0.2) is 22.8 Å². The molecule has 0 bridgehead atoms. The van der Waals surface area contributed by atoms with E-state index in [4.69, 9.17) is 9.84 Å². The van der Waals surface area contributed by atoms with Gasteiger partial charge in [-0.1, -0.05) is 0 Å². The third kappa shape index (κ3) is 3.29. The van der Waals surface area contributed by atoms with Crippen molar-refractivity contribution >= 4 is 0 Å². The Bertz CT molecular complexity index is 395. The van der Waals surface area contributed by atoms with Crippen LogP contribution >= 0.6 is 0 Å². The van der Waals surface area contributed by atoms with Crippen LogP contribution in [0.5, 0.6) is 11.5 Å². The molecule has 1 fully saturated rings. The second kappa shape index (κ2) is 5.95. The summed E-state index contributed by atoms with van der Waals surface area (Å²) in [5.74, 6) is 0.135. The quantitative estimate of drug-likeness (QED) is 0.882. The van der Waals surface area contributed by atoms with Crippen LogP contribution in [0.2, 0.25) is 0 Å². The number of pyridine rings is 1. The minimum absolute atomic E-state index is 0.0268. The molecular formula is C12H15F2NO3. The van der Waals surface area contributed by atoms with E-state index in [1.165, 1.54) is 6.07 Å². The number of alkyl halides is 2. The van der Waals surface area contributed by atoms with E-state index < -0.39 is 6.61 Å². The Balaban J connectivity index is 2.16. The van der Waals surface area contributed by atoms with Crippen LogP contribution in [0.1, 0.15) is 31.4 Å². The number of hydrogen-bond donors (Lipinski definition) is 1. The summed E-state index contributed by atoms with van der Waals surface area (Å²) in [6, 6.07) is 1.44. The first-order valence-corrected chi connectivity index (χ1v) is 5.90. The average Bonchev–Trinajstić information content (AvgIpc) is 2.83. The van der Waals surface area contributed by atoms with Crippen LogP contribution in [0.4, 0.5) is 8.78 Å². The molecule has 0 atom stereocenters. The molecule has 18 heavy (non-hydrogen) atoms. The maximum Gasteiger partial charge on any atom is 0.387 e. The molecule has 1 saturated carbocycles. The van der Waals surface area contributed by atoms with Crippen LogP contribution in [0, 0.1) is 0 Å². The fourth-order valence-corrected chi connectivity index (χ4v) is 2.01. The number of rotatable bonds is 5. The van der Waals surface area contributed by atoms with Crippen molar-refractivity contribution in [3.8, 4) is 11.5 Å². The summed E-state index contributed by atoms with van der Waals surface area (Å²) in [5.41, 5.74) is 0.365. The molecule has 0 unspecified atom stereocenters. The molecule has 2 rings (SSSR count). The van der Waals surface area contributed by atoms with Crippen molar-refractivity contribution in [2.45, 2.75) is 45.0 Å². The number of ether oxygens (including phenoxy) is 2. The van der Waals surface area contributed by atoms with Crippen molar-refractivity contribution in [1.29, 1.82) is 0 Å². The number of nitrogens with zero attached hydrogens (tertiary/aromatic N) is 1. The molecule has 0 saturated heterocycles. The Kier molecular flexibility index (Phi) is 4.30. The highest BCUT2D eigenvalue weighted by Crippen LogP contribution is 2.32. The topological polar surface area (TPSA) is 51.6 Å². The first kappa shape index (κ1) is 13.0. The van der Waals surface area contributed by atoms with Gasteiger partial charge in [-0.2, -0.15) is 8.78 Å². The Morgan fingerprint density at radius 2 is 2.06 bits per heavy atom. The maximum absolute atomic E-state index is 12.2. The van der Waals surface area contributed by atoms with Crippen molar-refractivity contribution in [2.24, 2.45) is 0 Å².